The van der Waals surface area contributed by atoms with Gasteiger partial charge in [-0.1, -0.05) is 45.7 Å². The third-order valence-corrected chi connectivity index (χ3v) is 5.65. The van der Waals surface area contributed by atoms with Crippen LogP contribution in [0.5, 0.6) is 5.75 Å². The summed E-state index contributed by atoms with van der Waals surface area (Å²) in [4.78, 5) is 14.5. The summed E-state index contributed by atoms with van der Waals surface area (Å²) < 4.78 is 12.5. The van der Waals surface area contributed by atoms with Crippen molar-refractivity contribution < 1.29 is 14.3 Å². The van der Waals surface area contributed by atoms with Crippen LogP contribution in [0.3, 0.4) is 0 Å². The number of likely N-dealkylation sites (tertiary alicyclic amines) is 1. The van der Waals surface area contributed by atoms with Crippen molar-refractivity contribution in [2.24, 2.45) is 0 Å². The normalized spacial score (nSPS) is 16.5. The number of ether oxygens (including phenoxy) is 2. The molecule has 0 bridgehead atoms. The molecule has 1 aliphatic rings. The Kier molecular flexibility index (Phi) is 8.75. The number of rotatable bonds is 8. The molecule has 1 atom stereocenters. The van der Waals surface area contributed by atoms with Crippen molar-refractivity contribution in [3.63, 3.8) is 0 Å². The third-order valence-electron chi connectivity index (χ3n) is 4.92. The number of piperidine rings is 1. The maximum atomic E-state index is 12.3. The molecule has 30 heavy (non-hydrogen) atoms. The largest absolute Gasteiger partial charge is 0.490 e. The summed E-state index contributed by atoms with van der Waals surface area (Å²) in [7, 11) is 1.61. The standard InChI is InChI=1S/C23H26BrClN2O3/c1-29-23(26-22(28)9-8-17-4-2-5-18(24)14-17)16-27-12-10-20(11-13-27)30-21-7-3-6-19(25)15-21/h2-9,14-15,20,23H,10-13,16H2,1H3,(H,26,28)/b9-8+. The van der Waals surface area contributed by atoms with Crippen LogP contribution in [0.1, 0.15) is 18.4 Å². The summed E-state index contributed by atoms with van der Waals surface area (Å²) in [6.45, 7) is 2.40. The maximum absolute atomic E-state index is 12.3. The number of methoxy groups -OCH3 is 1. The Bertz CT molecular complexity index is 869. The first-order valence-corrected chi connectivity index (χ1v) is 11.1. The molecule has 1 amide bonds. The number of hydrogen-bond acceptors (Lipinski definition) is 4. The van der Waals surface area contributed by atoms with Crippen LogP contribution in [0.25, 0.3) is 6.08 Å². The van der Waals surface area contributed by atoms with Crippen LogP contribution in [-0.4, -0.2) is 49.9 Å². The molecule has 0 spiro atoms. The van der Waals surface area contributed by atoms with E-state index >= 15 is 0 Å². The number of carbonyl (C=O) groups is 1. The zero-order valence-electron chi connectivity index (χ0n) is 16.9. The van der Waals surface area contributed by atoms with E-state index in [4.69, 9.17) is 21.1 Å². The lowest BCUT2D eigenvalue weighted by atomic mass is 10.1. The van der Waals surface area contributed by atoms with Gasteiger partial charge < -0.3 is 14.8 Å². The van der Waals surface area contributed by atoms with Crippen LogP contribution in [0.4, 0.5) is 0 Å². The van der Waals surface area contributed by atoms with Crippen LogP contribution < -0.4 is 10.1 Å². The molecule has 2 aromatic rings. The molecule has 7 heteroatoms. The molecule has 160 valence electrons. The van der Waals surface area contributed by atoms with E-state index in [1.165, 1.54) is 6.08 Å². The number of amides is 1. The van der Waals surface area contributed by atoms with Crippen molar-refractivity contribution in [2.45, 2.75) is 25.2 Å². The third kappa shape index (κ3) is 7.43. The van der Waals surface area contributed by atoms with Gasteiger partial charge >= 0.3 is 0 Å². The van der Waals surface area contributed by atoms with Crippen LogP contribution >= 0.6 is 27.5 Å². The lowest BCUT2D eigenvalue weighted by Gasteiger charge is -2.34. The molecule has 1 unspecified atom stereocenters. The van der Waals surface area contributed by atoms with Gasteiger partial charge in [-0.2, -0.15) is 0 Å². The number of hydrogen-bond donors (Lipinski definition) is 1. The summed E-state index contributed by atoms with van der Waals surface area (Å²) in [5.74, 6) is 0.626. The van der Waals surface area contributed by atoms with Gasteiger partial charge in [0.1, 0.15) is 18.1 Å². The lowest BCUT2D eigenvalue weighted by Crippen LogP contribution is -2.48. The minimum absolute atomic E-state index is 0.170. The molecule has 1 saturated heterocycles. The van der Waals surface area contributed by atoms with E-state index in [0.717, 1.165) is 41.7 Å². The Balaban J connectivity index is 1.43. The Morgan fingerprint density at radius 3 is 2.73 bits per heavy atom. The highest BCUT2D eigenvalue weighted by Gasteiger charge is 2.23. The number of halogens is 2. The van der Waals surface area contributed by atoms with Crippen molar-refractivity contribution in [1.82, 2.24) is 10.2 Å². The predicted molar refractivity (Wildman–Crippen MR) is 124 cm³/mol. The first-order valence-electron chi connectivity index (χ1n) is 9.93. The van der Waals surface area contributed by atoms with E-state index in [1.54, 1.807) is 13.2 Å². The Hall–Kier alpha value is -1.86. The van der Waals surface area contributed by atoms with Crippen LogP contribution in [0.2, 0.25) is 5.02 Å². The molecule has 0 aliphatic carbocycles. The summed E-state index contributed by atoms with van der Waals surface area (Å²) in [6.07, 6.45) is 4.95. The van der Waals surface area contributed by atoms with Gasteiger partial charge in [0.15, 0.2) is 0 Å². The van der Waals surface area contributed by atoms with Gasteiger partial charge in [0.05, 0.1) is 0 Å². The molecule has 1 heterocycles. The van der Waals surface area contributed by atoms with Crippen molar-refractivity contribution >= 4 is 39.5 Å². The maximum Gasteiger partial charge on any atom is 0.246 e. The molecule has 1 N–H and O–H groups in total. The van der Waals surface area contributed by atoms with Gasteiger partial charge in [0.25, 0.3) is 0 Å². The smallest absolute Gasteiger partial charge is 0.246 e. The monoisotopic (exact) mass is 492 g/mol. The molecule has 0 aromatic heterocycles. The zero-order valence-corrected chi connectivity index (χ0v) is 19.2. The van der Waals surface area contributed by atoms with Gasteiger partial charge in [-0.05, 0) is 54.8 Å². The summed E-state index contributed by atoms with van der Waals surface area (Å²) in [5, 5.41) is 3.59. The quantitative estimate of drug-likeness (QED) is 0.426. The minimum Gasteiger partial charge on any atom is -0.490 e. The fourth-order valence-corrected chi connectivity index (χ4v) is 3.94. The molecule has 1 aliphatic heterocycles. The topological polar surface area (TPSA) is 50.8 Å². The molecule has 0 saturated carbocycles. The second-order valence-corrected chi connectivity index (χ2v) is 8.55. The molecule has 3 rings (SSSR count). The van der Waals surface area contributed by atoms with Gasteiger partial charge in [-0.25, -0.2) is 0 Å². The first-order chi connectivity index (χ1) is 14.5. The molecule has 2 aromatic carbocycles. The lowest BCUT2D eigenvalue weighted by molar-refractivity contribution is -0.120. The highest BCUT2D eigenvalue weighted by molar-refractivity contribution is 9.10. The minimum atomic E-state index is -0.366. The fraction of sp³-hybridized carbons (Fsp3) is 0.348. The zero-order chi connectivity index (χ0) is 21.3. The average Bonchev–Trinajstić information content (AvgIpc) is 2.73. The number of nitrogens with one attached hydrogen (secondary N) is 1. The van der Waals surface area contributed by atoms with Crippen molar-refractivity contribution in [3.05, 3.63) is 69.7 Å². The highest BCUT2D eigenvalue weighted by Crippen LogP contribution is 2.22. The van der Waals surface area contributed by atoms with Crippen molar-refractivity contribution in [3.8, 4) is 5.75 Å². The molecular formula is C23H26BrClN2O3. The second-order valence-electron chi connectivity index (χ2n) is 7.20. The van der Waals surface area contributed by atoms with Crippen molar-refractivity contribution in [1.29, 1.82) is 0 Å². The Morgan fingerprint density at radius 2 is 2.03 bits per heavy atom. The number of benzene rings is 2. The van der Waals surface area contributed by atoms with Gasteiger partial charge in [0, 0.05) is 42.3 Å². The number of nitrogens with zero attached hydrogens (tertiary/aromatic N) is 1. The Morgan fingerprint density at radius 1 is 1.27 bits per heavy atom. The van der Waals surface area contributed by atoms with Crippen LogP contribution in [0, 0.1) is 0 Å². The van der Waals surface area contributed by atoms with Gasteiger partial charge in [-0.15, -0.1) is 0 Å². The van der Waals surface area contributed by atoms with E-state index in [-0.39, 0.29) is 18.2 Å². The summed E-state index contributed by atoms with van der Waals surface area (Å²) in [6, 6.07) is 15.3. The van der Waals surface area contributed by atoms with E-state index in [2.05, 4.69) is 26.1 Å². The SMILES string of the molecule is COC(CN1CCC(Oc2cccc(Cl)c2)CC1)NC(=O)/C=C/c1cccc(Br)c1. The molecular weight excluding hydrogens is 468 g/mol. The molecule has 0 radical (unpaired) electrons. The summed E-state index contributed by atoms with van der Waals surface area (Å²) in [5.41, 5.74) is 0.954. The molecule has 5 nitrogen and oxygen atoms in total. The highest BCUT2D eigenvalue weighted by atomic mass is 79.9. The van der Waals surface area contributed by atoms with E-state index in [0.29, 0.717) is 11.6 Å². The second kappa shape index (κ2) is 11.5. The average molecular weight is 494 g/mol. The van der Waals surface area contributed by atoms with Crippen LogP contribution in [0.15, 0.2) is 59.1 Å². The van der Waals surface area contributed by atoms with Gasteiger partial charge in [0.2, 0.25) is 5.91 Å². The van der Waals surface area contributed by atoms with Crippen molar-refractivity contribution in [2.75, 3.05) is 26.7 Å². The number of carbonyl (C=O) groups excluding carboxylic acids is 1. The van der Waals surface area contributed by atoms with Crippen LogP contribution in [-0.2, 0) is 9.53 Å². The predicted octanol–water partition coefficient (Wildman–Crippen LogP) is 4.75. The summed E-state index contributed by atoms with van der Waals surface area (Å²) >= 11 is 9.45. The Labute approximate surface area is 191 Å². The first kappa shape index (κ1) is 22.8. The fourth-order valence-electron chi connectivity index (χ4n) is 3.35. The van der Waals surface area contributed by atoms with E-state index in [1.807, 2.05) is 48.5 Å². The van der Waals surface area contributed by atoms with Gasteiger partial charge in [-0.3, -0.25) is 9.69 Å². The molecule has 1 fully saturated rings. The van der Waals surface area contributed by atoms with E-state index in [9.17, 15) is 4.79 Å². The van der Waals surface area contributed by atoms with E-state index < -0.39 is 0 Å².